The normalized spacial score (nSPS) is 10.7. The number of hydrogen-bond donors (Lipinski definition) is 2. The van der Waals surface area contributed by atoms with Gasteiger partial charge in [0.05, 0.1) is 23.1 Å². The number of H-pyrrole nitrogens is 1. The van der Waals surface area contributed by atoms with Gasteiger partial charge in [0.15, 0.2) is 0 Å². The van der Waals surface area contributed by atoms with Crippen molar-refractivity contribution in [1.82, 2.24) is 14.9 Å². The van der Waals surface area contributed by atoms with Crippen molar-refractivity contribution in [2.45, 2.75) is 17.7 Å². The molecule has 0 aliphatic heterocycles. The molecule has 0 bridgehead atoms. The van der Waals surface area contributed by atoms with Crippen molar-refractivity contribution in [3.05, 3.63) is 64.7 Å². The summed E-state index contributed by atoms with van der Waals surface area (Å²) in [5, 5.41) is 3.35. The zero-order chi connectivity index (χ0) is 20.8. The van der Waals surface area contributed by atoms with Gasteiger partial charge in [-0.2, -0.15) is 0 Å². The van der Waals surface area contributed by atoms with E-state index in [1.165, 1.54) is 16.7 Å². The first-order valence-electron chi connectivity index (χ1n) is 9.12. The van der Waals surface area contributed by atoms with Gasteiger partial charge in [-0.05, 0) is 30.5 Å². The number of carbonyl (C=O) groups is 2. The third-order valence-electron chi connectivity index (χ3n) is 4.43. The lowest BCUT2D eigenvalue weighted by atomic mass is 10.2. The van der Waals surface area contributed by atoms with Gasteiger partial charge in [-0.15, -0.1) is 11.8 Å². The number of carbonyl (C=O) groups excluding carboxylic acids is 2. The number of hydrogen-bond acceptors (Lipinski definition) is 5. The number of anilines is 1. The summed E-state index contributed by atoms with van der Waals surface area (Å²) in [5.41, 5.74) is 1.10. The van der Waals surface area contributed by atoms with Crippen LogP contribution in [0.3, 0.4) is 0 Å². The zero-order valence-corrected chi connectivity index (χ0v) is 17.1. The molecule has 0 saturated carbocycles. The summed E-state index contributed by atoms with van der Waals surface area (Å²) < 4.78 is 0. The zero-order valence-electron chi connectivity index (χ0n) is 16.3. The number of nitrogens with one attached hydrogen (secondary N) is 2. The Morgan fingerprint density at radius 3 is 2.66 bits per heavy atom. The molecule has 2 N–H and O–H groups in total. The van der Waals surface area contributed by atoms with Crippen molar-refractivity contribution in [2.75, 3.05) is 25.2 Å². The number of para-hydroxylation sites is 2. The average molecular weight is 410 g/mol. The highest BCUT2D eigenvalue weighted by molar-refractivity contribution is 7.98. The summed E-state index contributed by atoms with van der Waals surface area (Å²) in [6.07, 6.45) is 2.37. The lowest BCUT2D eigenvalue weighted by Gasteiger charge is -2.17. The van der Waals surface area contributed by atoms with Gasteiger partial charge in [-0.25, -0.2) is 4.98 Å². The highest BCUT2D eigenvalue weighted by Crippen LogP contribution is 2.24. The fourth-order valence-electron chi connectivity index (χ4n) is 2.91. The standard InChI is InChI=1S/C21H22N4O3S/c1-25(13-19(26)23-16-9-5-6-10-17(16)29-2)20(27)12-11-18-22-15-8-4-3-7-14(15)21(28)24-18/h3-10H,11-13H2,1-2H3,(H,23,26)(H,22,24,28). The topological polar surface area (TPSA) is 95.2 Å². The van der Waals surface area contributed by atoms with E-state index in [1.54, 1.807) is 25.2 Å². The predicted octanol–water partition coefficient (Wildman–Crippen LogP) is 2.67. The molecule has 0 aliphatic carbocycles. The van der Waals surface area contributed by atoms with Crippen molar-refractivity contribution in [2.24, 2.45) is 0 Å². The molecule has 150 valence electrons. The molecule has 3 aromatic rings. The van der Waals surface area contributed by atoms with Crippen LogP contribution in [0.4, 0.5) is 5.69 Å². The molecule has 3 rings (SSSR count). The van der Waals surface area contributed by atoms with Gasteiger partial charge in [0.1, 0.15) is 5.82 Å². The van der Waals surface area contributed by atoms with Crippen LogP contribution < -0.4 is 10.9 Å². The molecule has 0 saturated heterocycles. The van der Waals surface area contributed by atoms with Gasteiger partial charge >= 0.3 is 0 Å². The molecule has 29 heavy (non-hydrogen) atoms. The minimum absolute atomic E-state index is 0.0524. The maximum absolute atomic E-state index is 12.4. The Balaban J connectivity index is 1.56. The molecular formula is C21H22N4O3S. The van der Waals surface area contributed by atoms with Crippen molar-refractivity contribution in [3.63, 3.8) is 0 Å². The Bertz CT molecular complexity index is 1100. The number of aryl methyl sites for hydroxylation is 1. The van der Waals surface area contributed by atoms with Crippen molar-refractivity contribution in [1.29, 1.82) is 0 Å². The monoisotopic (exact) mass is 410 g/mol. The molecule has 0 radical (unpaired) electrons. The second-order valence-electron chi connectivity index (χ2n) is 6.53. The van der Waals surface area contributed by atoms with E-state index in [-0.39, 0.29) is 30.3 Å². The summed E-state index contributed by atoms with van der Waals surface area (Å²) in [4.78, 5) is 46.2. The predicted molar refractivity (Wildman–Crippen MR) is 115 cm³/mol. The van der Waals surface area contributed by atoms with Crippen LogP contribution in [0.15, 0.2) is 58.2 Å². The maximum Gasteiger partial charge on any atom is 0.258 e. The number of aromatic nitrogens is 2. The molecule has 0 aliphatic rings. The Kier molecular flexibility index (Phi) is 6.66. The van der Waals surface area contributed by atoms with Crippen LogP contribution in [0.2, 0.25) is 0 Å². The van der Waals surface area contributed by atoms with Gasteiger partial charge in [-0.3, -0.25) is 14.4 Å². The number of rotatable bonds is 7. The third-order valence-corrected chi connectivity index (χ3v) is 5.22. The first-order valence-corrected chi connectivity index (χ1v) is 10.3. The Morgan fingerprint density at radius 1 is 1.14 bits per heavy atom. The lowest BCUT2D eigenvalue weighted by molar-refractivity contribution is -0.133. The molecule has 0 spiro atoms. The summed E-state index contributed by atoms with van der Waals surface area (Å²) >= 11 is 1.54. The van der Waals surface area contributed by atoms with Crippen molar-refractivity contribution in [3.8, 4) is 0 Å². The number of thioether (sulfide) groups is 1. The second kappa shape index (κ2) is 9.38. The van der Waals surface area contributed by atoms with E-state index in [4.69, 9.17) is 0 Å². The van der Waals surface area contributed by atoms with Crippen molar-refractivity contribution >= 4 is 40.2 Å². The smallest absolute Gasteiger partial charge is 0.258 e. The lowest BCUT2D eigenvalue weighted by Crippen LogP contribution is -2.35. The SMILES string of the molecule is CSc1ccccc1NC(=O)CN(C)C(=O)CCc1nc2ccccc2c(=O)[nH]1. The Labute approximate surface area is 172 Å². The van der Waals surface area contributed by atoms with Gasteiger partial charge in [0, 0.05) is 24.8 Å². The number of amides is 2. The number of fused-ring (bicyclic) bond motifs is 1. The summed E-state index contributed by atoms with van der Waals surface area (Å²) in [5.74, 6) is -0.0116. The second-order valence-corrected chi connectivity index (χ2v) is 7.38. The first kappa shape index (κ1) is 20.6. The quantitative estimate of drug-likeness (QED) is 0.584. The van der Waals surface area contributed by atoms with Crippen LogP contribution in [0.25, 0.3) is 10.9 Å². The number of likely N-dealkylation sites (N-methyl/N-ethyl adjacent to an activating group) is 1. The van der Waals surface area contributed by atoms with Crippen LogP contribution in [0, 0.1) is 0 Å². The number of nitrogens with zero attached hydrogens (tertiary/aromatic N) is 2. The van der Waals surface area contributed by atoms with Crippen molar-refractivity contribution < 1.29 is 9.59 Å². The fraction of sp³-hybridized carbons (Fsp3) is 0.238. The number of aromatic amines is 1. The molecule has 2 amide bonds. The van der Waals surface area contributed by atoms with Gasteiger partial charge < -0.3 is 15.2 Å². The van der Waals surface area contributed by atoms with E-state index in [9.17, 15) is 14.4 Å². The first-order chi connectivity index (χ1) is 14.0. The number of benzene rings is 2. The summed E-state index contributed by atoms with van der Waals surface area (Å²) in [7, 11) is 1.58. The molecule has 7 nitrogen and oxygen atoms in total. The minimum atomic E-state index is -0.264. The van der Waals surface area contributed by atoms with E-state index in [0.717, 1.165) is 10.6 Å². The Morgan fingerprint density at radius 2 is 1.86 bits per heavy atom. The van der Waals surface area contributed by atoms with Gasteiger partial charge in [0.2, 0.25) is 11.8 Å². The summed E-state index contributed by atoms with van der Waals surface area (Å²) in [6, 6.07) is 14.6. The molecule has 2 aromatic carbocycles. The fourth-order valence-corrected chi connectivity index (χ4v) is 3.46. The molecule has 8 heteroatoms. The van der Waals surface area contributed by atoms with Crippen LogP contribution >= 0.6 is 11.8 Å². The Hall–Kier alpha value is -3.13. The molecule has 0 atom stereocenters. The van der Waals surface area contributed by atoms with Crippen LogP contribution in [0.5, 0.6) is 0 Å². The third kappa shape index (κ3) is 5.23. The molecular weight excluding hydrogens is 388 g/mol. The molecule has 0 fully saturated rings. The van der Waals surface area contributed by atoms with E-state index in [1.807, 2.05) is 36.6 Å². The van der Waals surface area contributed by atoms with Crippen LogP contribution in [0.1, 0.15) is 12.2 Å². The van der Waals surface area contributed by atoms with E-state index in [0.29, 0.717) is 23.1 Å². The van der Waals surface area contributed by atoms with Crippen LogP contribution in [-0.4, -0.2) is 46.5 Å². The van der Waals surface area contributed by atoms with E-state index in [2.05, 4.69) is 15.3 Å². The molecule has 0 unspecified atom stereocenters. The highest BCUT2D eigenvalue weighted by Gasteiger charge is 2.15. The van der Waals surface area contributed by atoms with E-state index < -0.39 is 0 Å². The van der Waals surface area contributed by atoms with Gasteiger partial charge in [-0.1, -0.05) is 24.3 Å². The highest BCUT2D eigenvalue weighted by atomic mass is 32.2. The largest absolute Gasteiger partial charge is 0.336 e. The summed E-state index contributed by atoms with van der Waals surface area (Å²) in [6.45, 7) is -0.0524. The maximum atomic E-state index is 12.4. The van der Waals surface area contributed by atoms with Crippen LogP contribution in [-0.2, 0) is 16.0 Å². The molecule has 1 aromatic heterocycles. The molecule has 1 heterocycles. The average Bonchev–Trinajstić information content (AvgIpc) is 2.72. The van der Waals surface area contributed by atoms with Gasteiger partial charge in [0.25, 0.3) is 5.56 Å². The van der Waals surface area contributed by atoms with E-state index >= 15 is 0 Å². The minimum Gasteiger partial charge on any atom is -0.336 e.